The maximum Gasteiger partial charge on any atom is 0.0417 e. The largest absolute Gasteiger partial charge is 0.326 e. The Labute approximate surface area is 118 Å². The van der Waals surface area contributed by atoms with Gasteiger partial charge in [0, 0.05) is 25.8 Å². The quantitative estimate of drug-likeness (QED) is 0.883. The van der Waals surface area contributed by atoms with Crippen molar-refractivity contribution in [3.05, 3.63) is 57.5 Å². The molecule has 0 aliphatic rings. The molecule has 2 rings (SSSR count). The summed E-state index contributed by atoms with van der Waals surface area (Å²) in [4.78, 5) is 2.27. The van der Waals surface area contributed by atoms with Gasteiger partial charge in [0.25, 0.3) is 0 Å². The highest BCUT2D eigenvalue weighted by Crippen LogP contribution is 2.34. The molecule has 0 unspecified atom stereocenters. The standard InChI is InChI=1S/C13H11BrClNS/c14-12-5-2-6-13(11(12)8-16)17-10-4-1-3-9(15)7-10/h1-7H,8,16H2. The molecule has 2 aromatic carbocycles. The van der Waals surface area contributed by atoms with Crippen LogP contribution in [0, 0.1) is 0 Å². The van der Waals surface area contributed by atoms with Gasteiger partial charge in [-0.2, -0.15) is 0 Å². The summed E-state index contributed by atoms with van der Waals surface area (Å²) in [5.41, 5.74) is 6.89. The third kappa shape index (κ3) is 3.26. The van der Waals surface area contributed by atoms with Gasteiger partial charge < -0.3 is 5.73 Å². The molecule has 0 aliphatic carbocycles. The molecule has 0 aromatic heterocycles. The van der Waals surface area contributed by atoms with Crippen LogP contribution in [0.1, 0.15) is 5.56 Å². The fraction of sp³-hybridized carbons (Fsp3) is 0.0769. The highest BCUT2D eigenvalue weighted by Gasteiger charge is 2.06. The molecule has 0 heterocycles. The van der Waals surface area contributed by atoms with Gasteiger partial charge in [-0.15, -0.1) is 0 Å². The second-order valence-electron chi connectivity index (χ2n) is 3.48. The van der Waals surface area contributed by atoms with Crippen LogP contribution in [0.15, 0.2) is 56.7 Å². The van der Waals surface area contributed by atoms with Crippen LogP contribution in [-0.4, -0.2) is 0 Å². The fourth-order valence-electron chi connectivity index (χ4n) is 1.49. The maximum absolute atomic E-state index is 5.97. The molecular formula is C13H11BrClNS. The van der Waals surface area contributed by atoms with E-state index in [1.165, 1.54) is 0 Å². The molecule has 4 heteroatoms. The van der Waals surface area contributed by atoms with E-state index >= 15 is 0 Å². The molecule has 17 heavy (non-hydrogen) atoms. The molecule has 0 saturated carbocycles. The minimum atomic E-state index is 0.518. The highest BCUT2D eigenvalue weighted by molar-refractivity contribution is 9.10. The van der Waals surface area contributed by atoms with Gasteiger partial charge in [0.15, 0.2) is 0 Å². The summed E-state index contributed by atoms with van der Waals surface area (Å²) in [5.74, 6) is 0. The molecular weight excluding hydrogens is 318 g/mol. The van der Waals surface area contributed by atoms with Crippen LogP contribution in [0.5, 0.6) is 0 Å². The average molecular weight is 329 g/mol. The lowest BCUT2D eigenvalue weighted by Gasteiger charge is -2.09. The van der Waals surface area contributed by atoms with E-state index in [9.17, 15) is 0 Å². The third-order valence-corrected chi connectivity index (χ3v) is 4.37. The average Bonchev–Trinajstić information content (AvgIpc) is 2.29. The van der Waals surface area contributed by atoms with Crippen LogP contribution >= 0.6 is 39.3 Å². The molecule has 1 nitrogen and oxygen atoms in total. The molecule has 0 fully saturated rings. The lowest BCUT2D eigenvalue weighted by Crippen LogP contribution is -1.99. The molecule has 0 spiro atoms. The highest BCUT2D eigenvalue weighted by atomic mass is 79.9. The van der Waals surface area contributed by atoms with E-state index in [2.05, 4.69) is 22.0 Å². The second-order valence-corrected chi connectivity index (χ2v) is 5.89. The number of nitrogens with two attached hydrogens (primary N) is 1. The van der Waals surface area contributed by atoms with Gasteiger partial charge >= 0.3 is 0 Å². The van der Waals surface area contributed by atoms with Crippen LogP contribution in [0.25, 0.3) is 0 Å². The molecule has 2 aromatic rings. The Kier molecular flexibility index (Phi) is 4.51. The Morgan fingerprint density at radius 2 is 1.94 bits per heavy atom. The van der Waals surface area contributed by atoms with Crippen molar-refractivity contribution in [1.82, 2.24) is 0 Å². The van der Waals surface area contributed by atoms with Gasteiger partial charge in [-0.1, -0.05) is 51.4 Å². The summed E-state index contributed by atoms with van der Waals surface area (Å²) in [6, 6.07) is 13.9. The first-order valence-corrected chi connectivity index (χ1v) is 7.10. The van der Waals surface area contributed by atoms with Crippen LogP contribution in [0.2, 0.25) is 5.02 Å². The minimum Gasteiger partial charge on any atom is -0.326 e. The Balaban J connectivity index is 2.33. The molecule has 2 N–H and O–H groups in total. The van der Waals surface area contributed by atoms with Gasteiger partial charge in [-0.25, -0.2) is 0 Å². The van der Waals surface area contributed by atoms with E-state index in [1.807, 2.05) is 36.4 Å². The number of rotatable bonds is 3. The summed E-state index contributed by atoms with van der Waals surface area (Å²) >= 11 is 11.2. The predicted molar refractivity (Wildman–Crippen MR) is 77.6 cm³/mol. The third-order valence-electron chi connectivity index (χ3n) is 2.30. The van der Waals surface area contributed by atoms with Gasteiger partial charge in [-0.3, -0.25) is 0 Å². The zero-order valence-electron chi connectivity index (χ0n) is 8.99. The van der Waals surface area contributed by atoms with E-state index < -0.39 is 0 Å². The van der Waals surface area contributed by atoms with Crippen molar-refractivity contribution in [3.8, 4) is 0 Å². The smallest absolute Gasteiger partial charge is 0.0417 e. The van der Waals surface area contributed by atoms with Crippen molar-refractivity contribution in [2.24, 2.45) is 5.73 Å². The molecule has 0 amide bonds. The summed E-state index contributed by atoms with van der Waals surface area (Å²) in [7, 11) is 0. The molecule has 0 atom stereocenters. The lowest BCUT2D eigenvalue weighted by atomic mass is 10.2. The van der Waals surface area contributed by atoms with Gasteiger partial charge in [0.1, 0.15) is 0 Å². The van der Waals surface area contributed by atoms with Crippen molar-refractivity contribution in [3.63, 3.8) is 0 Å². The van der Waals surface area contributed by atoms with Crippen molar-refractivity contribution in [2.75, 3.05) is 0 Å². The van der Waals surface area contributed by atoms with E-state index in [4.69, 9.17) is 17.3 Å². The van der Waals surface area contributed by atoms with Crippen molar-refractivity contribution in [1.29, 1.82) is 0 Å². The van der Waals surface area contributed by atoms with Gasteiger partial charge in [0.05, 0.1) is 0 Å². The Bertz CT molecular complexity index is 531. The summed E-state index contributed by atoms with van der Waals surface area (Å²) in [6.45, 7) is 0.518. The lowest BCUT2D eigenvalue weighted by molar-refractivity contribution is 1.02. The summed E-state index contributed by atoms with van der Waals surface area (Å²) in [6.07, 6.45) is 0. The second kappa shape index (κ2) is 5.91. The van der Waals surface area contributed by atoms with Crippen LogP contribution in [0.3, 0.4) is 0 Å². The molecule has 88 valence electrons. The number of benzene rings is 2. The normalized spacial score (nSPS) is 10.5. The van der Waals surface area contributed by atoms with Crippen LogP contribution in [0.4, 0.5) is 0 Å². The summed E-state index contributed by atoms with van der Waals surface area (Å²) < 4.78 is 1.05. The number of hydrogen-bond donors (Lipinski definition) is 1. The first-order chi connectivity index (χ1) is 8.20. The molecule has 0 bridgehead atoms. The monoisotopic (exact) mass is 327 g/mol. The van der Waals surface area contributed by atoms with E-state index in [0.717, 1.165) is 24.8 Å². The zero-order valence-corrected chi connectivity index (χ0v) is 12.1. The Hall–Kier alpha value is -0.480. The van der Waals surface area contributed by atoms with Crippen molar-refractivity contribution < 1.29 is 0 Å². The summed E-state index contributed by atoms with van der Waals surface area (Å²) in [5, 5.41) is 0.749. The van der Waals surface area contributed by atoms with E-state index in [0.29, 0.717) is 6.54 Å². The fourth-order valence-corrected chi connectivity index (χ4v) is 3.45. The van der Waals surface area contributed by atoms with Gasteiger partial charge in [0.2, 0.25) is 0 Å². The maximum atomic E-state index is 5.97. The number of hydrogen-bond acceptors (Lipinski definition) is 2. The van der Waals surface area contributed by atoms with E-state index in [1.54, 1.807) is 11.8 Å². The van der Waals surface area contributed by atoms with E-state index in [-0.39, 0.29) is 0 Å². The Morgan fingerprint density at radius 1 is 1.18 bits per heavy atom. The molecule has 0 radical (unpaired) electrons. The Morgan fingerprint density at radius 3 is 2.65 bits per heavy atom. The minimum absolute atomic E-state index is 0.518. The zero-order chi connectivity index (χ0) is 12.3. The SMILES string of the molecule is NCc1c(Br)cccc1Sc1cccc(Cl)c1. The van der Waals surface area contributed by atoms with Crippen LogP contribution < -0.4 is 5.73 Å². The first kappa shape index (κ1) is 13.0. The van der Waals surface area contributed by atoms with Crippen LogP contribution in [-0.2, 0) is 6.54 Å². The van der Waals surface area contributed by atoms with Crippen molar-refractivity contribution >= 4 is 39.3 Å². The first-order valence-electron chi connectivity index (χ1n) is 5.11. The molecule has 0 saturated heterocycles. The number of halogens is 2. The van der Waals surface area contributed by atoms with Gasteiger partial charge in [-0.05, 0) is 35.9 Å². The van der Waals surface area contributed by atoms with Crippen molar-refractivity contribution in [2.45, 2.75) is 16.3 Å². The molecule has 0 aliphatic heterocycles. The topological polar surface area (TPSA) is 26.0 Å². The predicted octanol–water partition coefficient (Wildman–Crippen LogP) is 4.71.